The SMILES string of the molecule is CCOc1ccc(CN2CCCC(c3nc(C)cn3C)C2)cc1CO. The van der Waals surface area contributed by atoms with Crippen LogP contribution in [0.25, 0.3) is 0 Å². The van der Waals surface area contributed by atoms with Crippen molar-refractivity contribution in [2.24, 2.45) is 7.05 Å². The molecule has 1 aliphatic heterocycles. The quantitative estimate of drug-likeness (QED) is 0.876. The molecule has 1 saturated heterocycles. The zero-order valence-electron chi connectivity index (χ0n) is 15.5. The number of ether oxygens (including phenoxy) is 1. The van der Waals surface area contributed by atoms with E-state index in [9.17, 15) is 5.11 Å². The highest BCUT2D eigenvalue weighted by atomic mass is 16.5. The molecule has 2 aromatic rings. The summed E-state index contributed by atoms with van der Waals surface area (Å²) < 4.78 is 7.75. The topological polar surface area (TPSA) is 50.5 Å². The third-order valence-corrected chi connectivity index (χ3v) is 4.90. The molecule has 5 nitrogen and oxygen atoms in total. The van der Waals surface area contributed by atoms with Crippen LogP contribution >= 0.6 is 0 Å². The Morgan fingerprint density at radius 3 is 2.88 bits per heavy atom. The summed E-state index contributed by atoms with van der Waals surface area (Å²) in [5, 5.41) is 9.59. The molecule has 0 aliphatic carbocycles. The number of nitrogens with zero attached hydrogens (tertiary/aromatic N) is 3. The van der Waals surface area contributed by atoms with Gasteiger partial charge in [-0.15, -0.1) is 0 Å². The Morgan fingerprint density at radius 1 is 1.36 bits per heavy atom. The van der Waals surface area contributed by atoms with E-state index < -0.39 is 0 Å². The van der Waals surface area contributed by atoms with E-state index in [-0.39, 0.29) is 6.61 Å². The van der Waals surface area contributed by atoms with Gasteiger partial charge in [0.25, 0.3) is 0 Å². The van der Waals surface area contributed by atoms with Crippen LogP contribution in [0, 0.1) is 6.92 Å². The van der Waals surface area contributed by atoms with Gasteiger partial charge in [0.05, 0.1) is 18.9 Å². The molecule has 5 heteroatoms. The number of aliphatic hydroxyl groups excluding tert-OH is 1. The van der Waals surface area contributed by atoms with Gasteiger partial charge in [0, 0.05) is 37.8 Å². The molecular weight excluding hydrogens is 314 g/mol. The number of likely N-dealkylation sites (tertiary alicyclic amines) is 1. The minimum atomic E-state index is 0.0122. The van der Waals surface area contributed by atoms with Crippen molar-refractivity contribution in [3.05, 3.63) is 47.0 Å². The lowest BCUT2D eigenvalue weighted by atomic mass is 9.96. The summed E-state index contributed by atoms with van der Waals surface area (Å²) in [7, 11) is 2.09. The first-order valence-corrected chi connectivity index (χ1v) is 9.18. The van der Waals surface area contributed by atoms with Crippen molar-refractivity contribution in [3.8, 4) is 5.75 Å². The van der Waals surface area contributed by atoms with E-state index in [0.29, 0.717) is 12.5 Å². The second kappa shape index (κ2) is 8.02. The van der Waals surface area contributed by atoms with E-state index in [1.807, 2.05) is 13.0 Å². The van der Waals surface area contributed by atoms with Crippen molar-refractivity contribution in [1.82, 2.24) is 14.5 Å². The number of aromatic nitrogens is 2. The maximum Gasteiger partial charge on any atom is 0.124 e. The lowest BCUT2D eigenvalue weighted by Crippen LogP contribution is -2.34. The van der Waals surface area contributed by atoms with Crippen LogP contribution in [0.2, 0.25) is 0 Å². The second-order valence-electron chi connectivity index (χ2n) is 6.96. The molecule has 1 atom stereocenters. The number of aliphatic hydroxyl groups is 1. The normalized spacial score (nSPS) is 18.5. The molecule has 1 fully saturated rings. The lowest BCUT2D eigenvalue weighted by Gasteiger charge is -2.32. The molecule has 0 saturated carbocycles. The fourth-order valence-electron chi connectivity index (χ4n) is 3.83. The minimum Gasteiger partial charge on any atom is -0.494 e. The molecule has 2 heterocycles. The van der Waals surface area contributed by atoms with Crippen LogP contribution in [0.3, 0.4) is 0 Å². The predicted octanol–water partition coefficient (Wildman–Crippen LogP) is 3.00. The summed E-state index contributed by atoms with van der Waals surface area (Å²) >= 11 is 0. The Bertz CT molecular complexity index is 711. The summed E-state index contributed by atoms with van der Waals surface area (Å²) in [5.41, 5.74) is 3.19. The van der Waals surface area contributed by atoms with Crippen molar-refractivity contribution in [3.63, 3.8) is 0 Å². The molecule has 1 N–H and O–H groups in total. The molecule has 0 spiro atoms. The monoisotopic (exact) mass is 343 g/mol. The fraction of sp³-hybridized carbons (Fsp3) is 0.550. The molecule has 1 aromatic heterocycles. The van der Waals surface area contributed by atoms with Gasteiger partial charge >= 0.3 is 0 Å². The Balaban J connectivity index is 1.69. The van der Waals surface area contributed by atoms with Gasteiger partial charge in [-0.1, -0.05) is 6.07 Å². The minimum absolute atomic E-state index is 0.0122. The van der Waals surface area contributed by atoms with Crippen molar-refractivity contribution in [2.75, 3.05) is 19.7 Å². The predicted molar refractivity (Wildman–Crippen MR) is 98.7 cm³/mol. The molecule has 3 rings (SSSR count). The van der Waals surface area contributed by atoms with Gasteiger partial charge in [0.2, 0.25) is 0 Å². The molecule has 136 valence electrons. The molecular formula is C20H29N3O2. The van der Waals surface area contributed by atoms with Crippen molar-refractivity contribution in [1.29, 1.82) is 0 Å². The van der Waals surface area contributed by atoms with Crippen LogP contribution in [0.15, 0.2) is 24.4 Å². The zero-order chi connectivity index (χ0) is 17.8. The van der Waals surface area contributed by atoms with Crippen molar-refractivity contribution < 1.29 is 9.84 Å². The number of aryl methyl sites for hydroxylation is 2. The summed E-state index contributed by atoms with van der Waals surface area (Å²) in [5.74, 6) is 2.48. The number of piperidine rings is 1. The largest absolute Gasteiger partial charge is 0.494 e. The fourth-order valence-corrected chi connectivity index (χ4v) is 3.83. The standard InChI is InChI=1S/C20H29N3O2/c1-4-25-19-8-7-16(10-18(19)14-24)12-23-9-5-6-17(13-23)20-21-15(2)11-22(20)3/h7-8,10-11,17,24H,4-6,9,12-14H2,1-3H3. The highest BCUT2D eigenvalue weighted by molar-refractivity contribution is 5.37. The smallest absolute Gasteiger partial charge is 0.124 e. The summed E-state index contributed by atoms with van der Waals surface area (Å²) in [4.78, 5) is 7.22. The first kappa shape index (κ1) is 18.0. The average Bonchev–Trinajstić information content (AvgIpc) is 2.95. The Hall–Kier alpha value is -1.85. The first-order valence-electron chi connectivity index (χ1n) is 9.18. The highest BCUT2D eigenvalue weighted by Gasteiger charge is 2.24. The maximum absolute atomic E-state index is 9.59. The average molecular weight is 343 g/mol. The number of hydrogen-bond donors (Lipinski definition) is 1. The van der Waals surface area contributed by atoms with Crippen LogP contribution in [0.5, 0.6) is 5.75 Å². The van der Waals surface area contributed by atoms with Gasteiger partial charge in [-0.2, -0.15) is 0 Å². The summed E-state index contributed by atoms with van der Waals surface area (Å²) in [6.07, 6.45) is 4.50. The van der Waals surface area contributed by atoms with Crippen molar-refractivity contribution in [2.45, 2.75) is 45.8 Å². The molecule has 1 aromatic carbocycles. The van der Waals surface area contributed by atoms with Crippen LogP contribution in [-0.4, -0.2) is 39.3 Å². The van der Waals surface area contributed by atoms with E-state index in [1.165, 1.54) is 24.2 Å². The highest BCUT2D eigenvalue weighted by Crippen LogP contribution is 2.28. The number of rotatable bonds is 6. The number of benzene rings is 1. The molecule has 1 aliphatic rings. The van der Waals surface area contributed by atoms with E-state index in [0.717, 1.165) is 36.6 Å². The van der Waals surface area contributed by atoms with Gasteiger partial charge in [-0.25, -0.2) is 4.98 Å². The molecule has 0 bridgehead atoms. The van der Waals surface area contributed by atoms with E-state index >= 15 is 0 Å². The summed E-state index contributed by atoms with van der Waals surface area (Å²) in [6, 6.07) is 6.16. The van der Waals surface area contributed by atoms with Crippen LogP contribution < -0.4 is 4.74 Å². The zero-order valence-corrected chi connectivity index (χ0v) is 15.5. The van der Waals surface area contributed by atoms with E-state index in [1.54, 1.807) is 0 Å². The van der Waals surface area contributed by atoms with Crippen LogP contribution in [-0.2, 0) is 20.2 Å². The third kappa shape index (κ3) is 4.22. The Labute approximate surface area is 150 Å². The van der Waals surface area contributed by atoms with Gasteiger partial charge in [-0.05, 0) is 50.9 Å². The molecule has 25 heavy (non-hydrogen) atoms. The molecule has 0 radical (unpaired) electrons. The van der Waals surface area contributed by atoms with Crippen LogP contribution in [0.4, 0.5) is 0 Å². The molecule has 0 amide bonds. The lowest BCUT2D eigenvalue weighted by molar-refractivity contribution is 0.195. The van der Waals surface area contributed by atoms with Gasteiger partial charge in [0.15, 0.2) is 0 Å². The van der Waals surface area contributed by atoms with Gasteiger partial charge in [0.1, 0.15) is 11.6 Å². The van der Waals surface area contributed by atoms with Gasteiger partial charge < -0.3 is 14.4 Å². The maximum atomic E-state index is 9.59. The van der Waals surface area contributed by atoms with Crippen molar-refractivity contribution >= 4 is 0 Å². The Morgan fingerprint density at radius 2 is 2.20 bits per heavy atom. The number of hydrogen-bond acceptors (Lipinski definition) is 4. The molecule has 1 unspecified atom stereocenters. The first-order chi connectivity index (χ1) is 12.1. The van der Waals surface area contributed by atoms with E-state index in [4.69, 9.17) is 9.72 Å². The van der Waals surface area contributed by atoms with Crippen LogP contribution in [0.1, 0.15) is 48.3 Å². The van der Waals surface area contributed by atoms with E-state index in [2.05, 4.69) is 41.8 Å². The second-order valence-corrected chi connectivity index (χ2v) is 6.96. The third-order valence-electron chi connectivity index (χ3n) is 4.90. The summed E-state index contributed by atoms with van der Waals surface area (Å²) in [6.45, 7) is 7.69. The number of imidazole rings is 1. The Kier molecular flexibility index (Phi) is 5.76. The van der Waals surface area contributed by atoms with Gasteiger partial charge in [-0.3, -0.25) is 4.90 Å².